The molecular weight excluding hydrogens is 226 g/mol. The summed E-state index contributed by atoms with van der Waals surface area (Å²) in [6.45, 7) is 1.56. The molecule has 0 saturated carbocycles. The van der Waals surface area contributed by atoms with E-state index in [2.05, 4.69) is 10.3 Å². The van der Waals surface area contributed by atoms with Crippen LogP contribution in [0.15, 0.2) is 10.9 Å². The number of rotatable bonds is 3. The number of hydrogen-bond acceptors (Lipinski definition) is 5. The minimum atomic E-state index is -0.770. The minimum Gasteiger partial charge on any atom is -0.381 e. The molecule has 0 aromatic carbocycles. The SMILES string of the molecule is NC1(C(=O)NCc2cscn2)CCOCC1. The summed E-state index contributed by atoms with van der Waals surface area (Å²) in [5.74, 6) is -0.108. The number of nitrogens with two attached hydrogens (primary N) is 1. The molecule has 88 valence electrons. The van der Waals surface area contributed by atoms with Crippen LogP contribution in [0.4, 0.5) is 0 Å². The van der Waals surface area contributed by atoms with Crippen LogP contribution in [0.5, 0.6) is 0 Å². The van der Waals surface area contributed by atoms with E-state index in [1.807, 2.05) is 5.38 Å². The van der Waals surface area contributed by atoms with Crippen LogP contribution in [0.1, 0.15) is 18.5 Å². The molecule has 5 nitrogen and oxygen atoms in total. The molecule has 0 radical (unpaired) electrons. The topological polar surface area (TPSA) is 77.2 Å². The summed E-state index contributed by atoms with van der Waals surface area (Å²) in [6, 6.07) is 0. The van der Waals surface area contributed by atoms with E-state index in [1.165, 1.54) is 11.3 Å². The molecule has 2 rings (SSSR count). The maximum absolute atomic E-state index is 11.9. The van der Waals surface area contributed by atoms with Crippen molar-refractivity contribution >= 4 is 17.2 Å². The standard InChI is InChI=1S/C10H15N3O2S/c11-10(1-3-15-4-2-10)9(14)12-5-8-6-16-7-13-8/h6-7H,1-5,11H2,(H,12,14). The third kappa shape index (κ3) is 2.58. The Kier molecular flexibility index (Phi) is 3.52. The lowest BCUT2D eigenvalue weighted by Gasteiger charge is -2.31. The molecule has 3 N–H and O–H groups in total. The second kappa shape index (κ2) is 4.90. The van der Waals surface area contributed by atoms with E-state index in [0.29, 0.717) is 32.6 Å². The number of ether oxygens (including phenoxy) is 1. The van der Waals surface area contributed by atoms with Gasteiger partial charge in [-0.15, -0.1) is 11.3 Å². The fourth-order valence-electron chi connectivity index (χ4n) is 1.63. The molecule has 2 heterocycles. The van der Waals surface area contributed by atoms with E-state index in [-0.39, 0.29) is 5.91 Å². The molecular formula is C10H15N3O2S. The van der Waals surface area contributed by atoms with Gasteiger partial charge in [0.05, 0.1) is 23.3 Å². The molecule has 1 amide bonds. The molecule has 0 unspecified atom stereocenters. The smallest absolute Gasteiger partial charge is 0.240 e. The van der Waals surface area contributed by atoms with Gasteiger partial charge in [0, 0.05) is 18.6 Å². The Morgan fingerprint density at radius 3 is 3.00 bits per heavy atom. The van der Waals surface area contributed by atoms with Gasteiger partial charge in [-0.25, -0.2) is 4.98 Å². The highest BCUT2D eigenvalue weighted by Gasteiger charge is 2.35. The Morgan fingerprint density at radius 2 is 2.38 bits per heavy atom. The lowest BCUT2D eigenvalue weighted by atomic mass is 9.90. The highest BCUT2D eigenvalue weighted by atomic mass is 32.1. The van der Waals surface area contributed by atoms with Crippen LogP contribution in [-0.4, -0.2) is 29.6 Å². The van der Waals surface area contributed by atoms with E-state index in [9.17, 15) is 4.79 Å². The van der Waals surface area contributed by atoms with Crippen LogP contribution in [0, 0.1) is 0 Å². The van der Waals surface area contributed by atoms with Gasteiger partial charge in [0.1, 0.15) is 0 Å². The molecule has 0 spiro atoms. The van der Waals surface area contributed by atoms with Gasteiger partial charge in [0.25, 0.3) is 0 Å². The normalized spacial score (nSPS) is 19.3. The van der Waals surface area contributed by atoms with Crippen molar-refractivity contribution in [3.63, 3.8) is 0 Å². The number of nitrogens with one attached hydrogen (secondary N) is 1. The Balaban J connectivity index is 1.87. The number of amides is 1. The highest BCUT2D eigenvalue weighted by Crippen LogP contribution is 2.17. The molecule has 1 aromatic rings. The fourth-order valence-corrected chi connectivity index (χ4v) is 2.19. The van der Waals surface area contributed by atoms with Crippen LogP contribution >= 0.6 is 11.3 Å². The van der Waals surface area contributed by atoms with Gasteiger partial charge in [0.2, 0.25) is 5.91 Å². The number of aromatic nitrogens is 1. The summed E-state index contributed by atoms with van der Waals surface area (Å²) in [6.07, 6.45) is 1.16. The predicted octanol–water partition coefficient (Wildman–Crippen LogP) is 0.267. The van der Waals surface area contributed by atoms with Crippen LogP contribution < -0.4 is 11.1 Å². The minimum absolute atomic E-state index is 0.108. The maximum Gasteiger partial charge on any atom is 0.240 e. The molecule has 0 atom stereocenters. The second-order valence-corrected chi connectivity index (χ2v) is 4.65. The largest absolute Gasteiger partial charge is 0.381 e. The molecule has 16 heavy (non-hydrogen) atoms. The van der Waals surface area contributed by atoms with Crippen LogP contribution in [0.3, 0.4) is 0 Å². The first-order valence-electron chi connectivity index (χ1n) is 5.23. The molecule has 1 aromatic heterocycles. The fraction of sp³-hybridized carbons (Fsp3) is 0.600. The summed E-state index contributed by atoms with van der Waals surface area (Å²) in [7, 11) is 0. The van der Waals surface area contributed by atoms with Crippen LogP contribution in [0.25, 0.3) is 0 Å². The molecule has 1 aliphatic rings. The third-order valence-electron chi connectivity index (χ3n) is 2.75. The number of carbonyl (C=O) groups is 1. The number of hydrogen-bond donors (Lipinski definition) is 2. The van der Waals surface area contributed by atoms with Crippen molar-refractivity contribution in [3.05, 3.63) is 16.6 Å². The van der Waals surface area contributed by atoms with E-state index in [4.69, 9.17) is 10.5 Å². The van der Waals surface area contributed by atoms with Crippen molar-refractivity contribution in [2.45, 2.75) is 24.9 Å². The van der Waals surface area contributed by atoms with Crippen molar-refractivity contribution in [2.75, 3.05) is 13.2 Å². The van der Waals surface area contributed by atoms with Gasteiger partial charge in [-0.3, -0.25) is 4.79 Å². The number of thiazole rings is 1. The van der Waals surface area contributed by atoms with Crippen LogP contribution in [0.2, 0.25) is 0 Å². The molecule has 1 saturated heterocycles. The average molecular weight is 241 g/mol. The van der Waals surface area contributed by atoms with Crippen molar-refractivity contribution < 1.29 is 9.53 Å². The maximum atomic E-state index is 11.9. The van der Waals surface area contributed by atoms with E-state index >= 15 is 0 Å². The van der Waals surface area contributed by atoms with Gasteiger partial charge in [-0.05, 0) is 12.8 Å². The zero-order valence-corrected chi connectivity index (χ0v) is 9.76. The van der Waals surface area contributed by atoms with Gasteiger partial charge in [0.15, 0.2) is 0 Å². The Bertz CT molecular complexity index is 347. The van der Waals surface area contributed by atoms with Crippen molar-refractivity contribution in [2.24, 2.45) is 5.73 Å². The Labute approximate surface area is 98.0 Å². The van der Waals surface area contributed by atoms with E-state index in [1.54, 1.807) is 5.51 Å². The van der Waals surface area contributed by atoms with Crippen molar-refractivity contribution in [1.82, 2.24) is 10.3 Å². The first-order chi connectivity index (χ1) is 7.71. The summed E-state index contributed by atoms with van der Waals surface area (Å²) >= 11 is 1.51. The van der Waals surface area contributed by atoms with Gasteiger partial charge < -0.3 is 15.8 Å². The lowest BCUT2D eigenvalue weighted by Crippen LogP contribution is -2.56. The van der Waals surface area contributed by atoms with Crippen LogP contribution in [-0.2, 0) is 16.1 Å². The van der Waals surface area contributed by atoms with Gasteiger partial charge in [-0.1, -0.05) is 0 Å². The molecule has 0 aliphatic carbocycles. The molecule has 0 bridgehead atoms. The Morgan fingerprint density at radius 1 is 1.62 bits per heavy atom. The summed E-state index contributed by atoms with van der Waals surface area (Å²) in [5, 5.41) is 4.73. The summed E-state index contributed by atoms with van der Waals surface area (Å²) in [5.41, 5.74) is 7.88. The number of nitrogens with zero attached hydrogens (tertiary/aromatic N) is 1. The zero-order valence-electron chi connectivity index (χ0n) is 8.94. The highest BCUT2D eigenvalue weighted by molar-refractivity contribution is 7.07. The zero-order chi connectivity index (χ0) is 11.4. The monoisotopic (exact) mass is 241 g/mol. The lowest BCUT2D eigenvalue weighted by molar-refractivity contribution is -0.129. The van der Waals surface area contributed by atoms with E-state index in [0.717, 1.165) is 5.69 Å². The third-order valence-corrected chi connectivity index (χ3v) is 3.39. The summed E-state index contributed by atoms with van der Waals surface area (Å²) in [4.78, 5) is 16.0. The van der Waals surface area contributed by atoms with E-state index < -0.39 is 5.54 Å². The molecule has 1 aliphatic heterocycles. The van der Waals surface area contributed by atoms with Crippen molar-refractivity contribution in [3.8, 4) is 0 Å². The Hall–Kier alpha value is -0.980. The predicted molar refractivity (Wildman–Crippen MR) is 60.9 cm³/mol. The first kappa shape index (κ1) is 11.5. The average Bonchev–Trinajstić information content (AvgIpc) is 2.79. The quantitative estimate of drug-likeness (QED) is 0.796. The first-order valence-corrected chi connectivity index (χ1v) is 6.17. The van der Waals surface area contributed by atoms with Crippen molar-refractivity contribution in [1.29, 1.82) is 0 Å². The molecule has 1 fully saturated rings. The summed E-state index contributed by atoms with van der Waals surface area (Å²) < 4.78 is 5.19. The second-order valence-electron chi connectivity index (χ2n) is 3.93. The van der Waals surface area contributed by atoms with Gasteiger partial charge >= 0.3 is 0 Å². The van der Waals surface area contributed by atoms with Gasteiger partial charge in [-0.2, -0.15) is 0 Å². The number of carbonyl (C=O) groups excluding carboxylic acids is 1. The molecule has 6 heteroatoms.